The highest BCUT2D eigenvalue weighted by Gasteiger charge is 2.35. The SMILES string of the molecule is O=C1c2ccccc2C(=O)N1/N=C\c1cn(Cc2ccccc2)nc1-c1cccs1. The van der Waals surface area contributed by atoms with Crippen molar-refractivity contribution in [1.82, 2.24) is 14.8 Å². The van der Waals surface area contributed by atoms with Crippen LogP contribution >= 0.6 is 11.3 Å². The molecule has 1 aliphatic rings. The molecule has 6 nitrogen and oxygen atoms in total. The van der Waals surface area contributed by atoms with Crippen LogP contribution in [0, 0.1) is 0 Å². The van der Waals surface area contributed by atoms with E-state index in [9.17, 15) is 9.59 Å². The Hall–Kier alpha value is -3.84. The number of thiophene rings is 1. The number of benzene rings is 2. The normalized spacial score (nSPS) is 13.4. The molecular formula is C23H16N4O2S. The number of carbonyl (C=O) groups is 2. The van der Waals surface area contributed by atoms with E-state index < -0.39 is 11.8 Å². The second-order valence-corrected chi connectivity index (χ2v) is 7.75. The summed E-state index contributed by atoms with van der Waals surface area (Å²) in [5.74, 6) is -0.831. The van der Waals surface area contributed by atoms with Gasteiger partial charge in [-0.15, -0.1) is 11.3 Å². The first-order valence-corrected chi connectivity index (χ1v) is 10.3. The van der Waals surface area contributed by atoms with Crippen molar-refractivity contribution in [3.63, 3.8) is 0 Å². The molecule has 146 valence electrons. The van der Waals surface area contributed by atoms with Crippen molar-refractivity contribution in [2.45, 2.75) is 6.54 Å². The number of hydrazone groups is 1. The molecular weight excluding hydrogens is 396 g/mol. The molecule has 0 N–H and O–H groups in total. The van der Waals surface area contributed by atoms with E-state index in [1.807, 2.05) is 58.7 Å². The minimum absolute atomic E-state index is 0.373. The van der Waals surface area contributed by atoms with Crippen molar-refractivity contribution < 1.29 is 9.59 Å². The fourth-order valence-electron chi connectivity index (χ4n) is 3.39. The summed E-state index contributed by atoms with van der Waals surface area (Å²) in [5.41, 5.74) is 3.38. The lowest BCUT2D eigenvalue weighted by Crippen LogP contribution is -2.24. The highest BCUT2D eigenvalue weighted by molar-refractivity contribution is 7.13. The lowest BCUT2D eigenvalue weighted by molar-refractivity contribution is 0.0660. The lowest BCUT2D eigenvalue weighted by atomic mass is 10.1. The van der Waals surface area contributed by atoms with Crippen LogP contribution in [0.25, 0.3) is 10.6 Å². The summed E-state index contributed by atoms with van der Waals surface area (Å²) in [4.78, 5) is 26.1. The molecule has 0 radical (unpaired) electrons. The number of imide groups is 1. The van der Waals surface area contributed by atoms with Crippen molar-refractivity contribution in [2.24, 2.45) is 5.10 Å². The number of fused-ring (bicyclic) bond motifs is 1. The molecule has 2 aromatic carbocycles. The van der Waals surface area contributed by atoms with Crippen LogP contribution in [-0.4, -0.2) is 32.8 Å². The van der Waals surface area contributed by atoms with Gasteiger partial charge in [-0.2, -0.15) is 15.2 Å². The molecule has 0 atom stereocenters. The molecule has 0 saturated heterocycles. The van der Waals surface area contributed by atoms with Gasteiger partial charge in [-0.3, -0.25) is 14.3 Å². The first kappa shape index (κ1) is 18.2. The molecule has 0 aliphatic carbocycles. The van der Waals surface area contributed by atoms with Crippen LogP contribution in [0.1, 0.15) is 31.8 Å². The standard InChI is InChI=1S/C23H16N4O2S/c28-22-18-9-4-5-10-19(18)23(29)27(22)24-13-17-15-26(14-16-7-2-1-3-8-16)25-21(17)20-11-6-12-30-20/h1-13,15H,14H2/b24-13-. The number of hydrogen-bond acceptors (Lipinski definition) is 5. The summed E-state index contributed by atoms with van der Waals surface area (Å²) in [7, 11) is 0. The Balaban J connectivity index is 1.48. The molecule has 4 aromatic rings. The van der Waals surface area contributed by atoms with E-state index in [-0.39, 0.29) is 0 Å². The number of aromatic nitrogens is 2. The summed E-state index contributed by atoms with van der Waals surface area (Å²) < 4.78 is 1.84. The first-order chi connectivity index (χ1) is 14.7. The predicted molar refractivity (Wildman–Crippen MR) is 116 cm³/mol. The molecule has 30 heavy (non-hydrogen) atoms. The van der Waals surface area contributed by atoms with Gasteiger partial charge >= 0.3 is 0 Å². The topological polar surface area (TPSA) is 67.6 Å². The van der Waals surface area contributed by atoms with Gasteiger partial charge in [-0.05, 0) is 29.1 Å². The van der Waals surface area contributed by atoms with E-state index in [4.69, 9.17) is 5.10 Å². The summed E-state index contributed by atoms with van der Waals surface area (Å²) >= 11 is 1.57. The van der Waals surface area contributed by atoms with E-state index in [2.05, 4.69) is 5.10 Å². The van der Waals surface area contributed by atoms with E-state index in [1.54, 1.807) is 35.6 Å². The Bertz CT molecular complexity index is 1220. The van der Waals surface area contributed by atoms with Crippen molar-refractivity contribution in [2.75, 3.05) is 0 Å². The van der Waals surface area contributed by atoms with Crippen LogP contribution in [0.2, 0.25) is 0 Å². The van der Waals surface area contributed by atoms with Gasteiger partial charge in [0.25, 0.3) is 11.8 Å². The van der Waals surface area contributed by atoms with Gasteiger partial charge in [0.2, 0.25) is 0 Å². The van der Waals surface area contributed by atoms with Crippen LogP contribution in [-0.2, 0) is 6.54 Å². The third kappa shape index (κ3) is 3.25. The predicted octanol–water partition coefficient (Wildman–Crippen LogP) is 4.29. The fraction of sp³-hybridized carbons (Fsp3) is 0.0435. The summed E-state index contributed by atoms with van der Waals surface area (Å²) in [6, 6.07) is 20.7. The van der Waals surface area contributed by atoms with Crippen molar-refractivity contribution >= 4 is 29.4 Å². The van der Waals surface area contributed by atoms with E-state index in [1.165, 1.54) is 6.21 Å². The minimum Gasteiger partial charge on any atom is -0.267 e. The lowest BCUT2D eigenvalue weighted by Gasteiger charge is -2.05. The van der Waals surface area contributed by atoms with E-state index in [0.717, 1.165) is 26.7 Å². The Morgan fingerprint density at radius 3 is 2.27 bits per heavy atom. The molecule has 0 spiro atoms. The van der Waals surface area contributed by atoms with Crippen LogP contribution in [0.15, 0.2) is 83.4 Å². The highest BCUT2D eigenvalue weighted by Crippen LogP contribution is 2.27. The molecule has 3 heterocycles. The van der Waals surface area contributed by atoms with Gasteiger partial charge in [0.15, 0.2) is 0 Å². The molecule has 5 rings (SSSR count). The number of hydrogen-bond donors (Lipinski definition) is 0. The number of nitrogens with zero attached hydrogens (tertiary/aromatic N) is 4. The Morgan fingerprint density at radius 2 is 1.60 bits per heavy atom. The van der Waals surface area contributed by atoms with Crippen LogP contribution < -0.4 is 0 Å². The van der Waals surface area contributed by atoms with E-state index in [0.29, 0.717) is 17.7 Å². The molecule has 7 heteroatoms. The molecule has 2 aromatic heterocycles. The summed E-state index contributed by atoms with van der Waals surface area (Å²) in [6.07, 6.45) is 3.41. The minimum atomic E-state index is -0.416. The monoisotopic (exact) mass is 412 g/mol. The van der Waals surface area contributed by atoms with Crippen molar-refractivity contribution in [3.8, 4) is 10.6 Å². The Morgan fingerprint density at radius 1 is 0.900 bits per heavy atom. The Labute approximate surface area is 176 Å². The number of rotatable bonds is 5. The van der Waals surface area contributed by atoms with Crippen molar-refractivity contribution in [3.05, 3.63) is 101 Å². The van der Waals surface area contributed by atoms with Gasteiger partial charge in [0, 0.05) is 11.8 Å². The van der Waals surface area contributed by atoms with Gasteiger partial charge in [-0.25, -0.2) is 0 Å². The zero-order valence-electron chi connectivity index (χ0n) is 15.8. The van der Waals surface area contributed by atoms with Gasteiger partial charge in [-0.1, -0.05) is 48.5 Å². The van der Waals surface area contributed by atoms with Crippen LogP contribution in [0.4, 0.5) is 0 Å². The maximum absolute atomic E-state index is 12.6. The second kappa shape index (κ2) is 7.53. The third-order valence-electron chi connectivity index (χ3n) is 4.82. The summed E-state index contributed by atoms with van der Waals surface area (Å²) in [5, 5.41) is 11.8. The second-order valence-electron chi connectivity index (χ2n) is 6.81. The Kier molecular flexibility index (Phi) is 4.57. The zero-order chi connectivity index (χ0) is 20.5. The largest absolute Gasteiger partial charge is 0.282 e. The molecule has 1 aliphatic heterocycles. The number of carbonyl (C=O) groups excluding carboxylic acids is 2. The average Bonchev–Trinajstić information content (AvgIpc) is 3.48. The molecule has 0 bridgehead atoms. The molecule has 0 fully saturated rings. The molecule has 0 saturated carbocycles. The van der Waals surface area contributed by atoms with Crippen LogP contribution in [0.3, 0.4) is 0 Å². The van der Waals surface area contributed by atoms with Gasteiger partial charge in [0.05, 0.1) is 28.8 Å². The maximum atomic E-state index is 12.6. The average molecular weight is 412 g/mol. The third-order valence-corrected chi connectivity index (χ3v) is 5.69. The molecule has 2 amide bonds. The fourth-order valence-corrected chi connectivity index (χ4v) is 4.12. The van der Waals surface area contributed by atoms with Crippen molar-refractivity contribution in [1.29, 1.82) is 0 Å². The smallest absolute Gasteiger partial charge is 0.267 e. The molecule has 0 unspecified atom stereocenters. The van der Waals surface area contributed by atoms with Crippen LogP contribution in [0.5, 0.6) is 0 Å². The summed E-state index contributed by atoms with van der Waals surface area (Å²) in [6.45, 7) is 0.611. The highest BCUT2D eigenvalue weighted by atomic mass is 32.1. The quantitative estimate of drug-likeness (QED) is 0.363. The maximum Gasteiger partial charge on any atom is 0.282 e. The van der Waals surface area contributed by atoms with Gasteiger partial charge in [0.1, 0.15) is 5.69 Å². The first-order valence-electron chi connectivity index (χ1n) is 9.38. The zero-order valence-corrected chi connectivity index (χ0v) is 16.6. The van der Waals surface area contributed by atoms with Gasteiger partial charge < -0.3 is 0 Å². The number of amides is 2. The van der Waals surface area contributed by atoms with E-state index >= 15 is 0 Å².